The average Bonchev–Trinajstić information content (AvgIpc) is 3.59. The van der Waals surface area contributed by atoms with Gasteiger partial charge >= 0.3 is 13.3 Å². The van der Waals surface area contributed by atoms with Crippen LogP contribution in [0.2, 0.25) is 0 Å². The standard InChI is InChI=1S/C48H57F2N8O11P/c1-2-3-14-36(55-43(62)37-24-28-22-30(15-16-34(28)53-37)48(49,50)70(67,68)69)47(66)58-25-29-23-32(29)41(58)45(64)54-35(17-19-39(51)59)42(61)52-21-9-7-5-4-6-8-11-27-12-10-13-31-33(27)26-57(46(31)65)38-18-20-40(60)56-44(38)63/h10,12-13,15-16,22,24,29,32,35-36,38,41,53H,2-7,9,14,17-21,23,25-26H2,1H3,(H2,51,59)(H,52,61)(H,54,64)(H,55,62)(H,56,60,63)(H2,67,68,69)/t29?,32-,35+,36+,38?,41+/m1/s1. The molecule has 1 saturated carbocycles. The molecule has 9 N–H and O–H groups in total. The minimum Gasteiger partial charge on any atom is -0.370 e. The molecule has 2 saturated heterocycles. The minimum absolute atomic E-state index is 0.0304. The molecule has 3 aromatic rings. The van der Waals surface area contributed by atoms with Crippen molar-refractivity contribution >= 4 is 65.8 Å². The van der Waals surface area contributed by atoms with Crippen molar-refractivity contribution in [3.8, 4) is 11.8 Å². The van der Waals surface area contributed by atoms with Gasteiger partial charge < -0.3 is 46.3 Å². The molecule has 374 valence electrons. The van der Waals surface area contributed by atoms with E-state index in [0.717, 1.165) is 43.0 Å². The number of hydrogen-bond acceptors (Lipinski definition) is 9. The molecule has 19 nitrogen and oxygen atoms in total. The number of alkyl halides is 2. The number of amides is 8. The van der Waals surface area contributed by atoms with E-state index in [2.05, 4.69) is 38.1 Å². The van der Waals surface area contributed by atoms with Gasteiger partial charge in [-0.25, -0.2) is 0 Å². The first-order valence-corrected chi connectivity index (χ1v) is 25.2. The number of likely N-dealkylation sites (tertiary alicyclic amines) is 1. The summed E-state index contributed by atoms with van der Waals surface area (Å²) in [6.45, 7) is 2.66. The van der Waals surface area contributed by atoms with E-state index < -0.39 is 78.4 Å². The summed E-state index contributed by atoms with van der Waals surface area (Å²) in [7, 11) is -5.84. The topological polar surface area (TPSA) is 290 Å². The lowest BCUT2D eigenvalue weighted by molar-refractivity contribution is -0.142. The normalized spacial score (nSPS) is 20.4. The first-order chi connectivity index (χ1) is 33.3. The first kappa shape index (κ1) is 51.4. The molecule has 4 aliphatic rings. The quantitative estimate of drug-likeness (QED) is 0.0332. The molecule has 0 radical (unpaired) electrons. The summed E-state index contributed by atoms with van der Waals surface area (Å²) in [5, 5.41) is 10.7. The minimum atomic E-state index is -5.84. The van der Waals surface area contributed by atoms with Gasteiger partial charge in [0.05, 0.1) is 0 Å². The third-order valence-corrected chi connectivity index (χ3v) is 14.4. The van der Waals surface area contributed by atoms with Gasteiger partial charge in [-0.3, -0.25) is 48.2 Å². The Kier molecular flexibility index (Phi) is 15.9. The van der Waals surface area contributed by atoms with E-state index in [1.807, 2.05) is 13.0 Å². The average molecular weight is 991 g/mol. The molecule has 0 spiro atoms. The van der Waals surface area contributed by atoms with E-state index in [1.54, 1.807) is 12.1 Å². The number of H-pyrrole nitrogens is 1. The van der Waals surface area contributed by atoms with Gasteiger partial charge in [0, 0.05) is 66.5 Å². The smallest absolute Gasteiger partial charge is 0.370 e. The Morgan fingerprint density at radius 3 is 2.49 bits per heavy atom. The zero-order chi connectivity index (χ0) is 50.5. The van der Waals surface area contributed by atoms with Crippen LogP contribution in [-0.2, 0) is 45.5 Å². The molecule has 7 rings (SSSR count). The van der Waals surface area contributed by atoms with Gasteiger partial charge in [-0.05, 0) is 86.3 Å². The first-order valence-electron chi connectivity index (χ1n) is 23.6. The molecule has 4 heterocycles. The van der Waals surface area contributed by atoms with Crippen molar-refractivity contribution in [3.05, 3.63) is 70.4 Å². The Hall–Kier alpha value is -6.49. The molecular weight excluding hydrogens is 934 g/mol. The zero-order valence-electron chi connectivity index (χ0n) is 38.6. The fourth-order valence-electron chi connectivity index (χ4n) is 9.44. The third kappa shape index (κ3) is 11.6. The van der Waals surface area contributed by atoms with Crippen LogP contribution < -0.4 is 27.0 Å². The summed E-state index contributed by atoms with van der Waals surface area (Å²) in [4.78, 5) is 128. The van der Waals surface area contributed by atoms with E-state index in [-0.39, 0.29) is 92.0 Å². The number of benzene rings is 2. The molecule has 70 heavy (non-hydrogen) atoms. The number of fused-ring (bicyclic) bond motifs is 3. The fourth-order valence-corrected chi connectivity index (χ4v) is 9.92. The van der Waals surface area contributed by atoms with E-state index in [1.165, 1.54) is 15.9 Å². The number of carbonyl (C=O) groups is 8. The van der Waals surface area contributed by atoms with Crippen molar-refractivity contribution in [1.29, 1.82) is 0 Å². The van der Waals surface area contributed by atoms with Crippen LogP contribution in [0.5, 0.6) is 0 Å². The fraction of sp³-hybridized carbons (Fsp3) is 0.500. The molecule has 3 fully saturated rings. The molecule has 1 aromatic heterocycles. The second-order valence-electron chi connectivity index (χ2n) is 18.4. The number of halogens is 2. The predicted molar refractivity (Wildman–Crippen MR) is 248 cm³/mol. The Morgan fingerprint density at radius 2 is 1.76 bits per heavy atom. The summed E-state index contributed by atoms with van der Waals surface area (Å²) >= 11 is 0. The molecule has 22 heteroatoms. The Labute approximate surface area is 401 Å². The third-order valence-electron chi connectivity index (χ3n) is 13.4. The maximum atomic E-state index is 14.4. The molecule has 2 aromatic carbocycles. The molecule has 6 atom stereocenters. The van der Waals surface area contributed by atoms with Crippen LogP contribution in [0.15, 0.2) is 42.5 Å². The van der Waals surface area contributed by atoms with E-state index in [0.29, 0.717) is 43.2 Å². The maximum absolute atomic E-state index is 14.4. The number of primary amides is 1. The van der Waals surface area contributed by atoms with Crippen molar-refractivity contribution in [3.63, 3.8) is 0 Å². The highest BCUT2D eigenvalue weighted by atomic mass is 31.2. The summed E-state index contributed by atoms with van der Waals surface area (Å²) in [6.07, 6.45) is 5.79. The van der Waals surface area contributed by atoms with Gasteiger partial charge in [0.15, 0.2) is 0 Å². The lowest BCUT2D eigenvalue weighted by Gasteiger charge is -2.31. The lowest BCUT2D eigenvalue weighted by atomic mass is 10.0. The van der Waals surface area contributed by atoms with Crippen molar-refractivity contribution in [2.45, 2.75) is 127 Å². The number of nitrogens with two attached hydrogens (primary N) is 1. The van der Waals surface area contributed by atoms with Gasteiger partial charge in [-0.2, -0.15) is 8.78 Å². The van der Waals surface area contributed by atoms with Gasteiger partial charge in [-0.1, -0.05) is 56.6 Å². The van der Waals surface area contributed by atoms with Gasteiger partial charge in [0.25, 0.3) is 11.8 Å². The monoisotopic (exact) mass is 990 g/mol. The Balaban J connectivity index is 0.897. The van der Waals surface area contributed by atoms with Crippen molar-refractivity contribution in [2.75, 3.05) is 13.1 Å². The highest BCUT2D eigenvalue weighted by molar-refractivity contribution is 7.52. The van der Waals surface area contributed by atoms with Crippen LogP contribution >= 0.6 is 7.60 Å². The van der Waals surface area contributed by atoms with Crippen LogP contribution in [0.1, 0.15) is 128 Å². The molecule has 3 aliphatic heterocycles. The number of nitrogens with zero attached hydrogens (tertiary/aromatic N) is 2. The SMILES string of the molecule is CCCC[C@H](NC(=O)c1cc2cc(C(F)(F)P(=O)(O)O)ccc2[nH]1)C(=O)N1CC2C[C@H]2[C@H]1C(=O)N[C@@H](CCC(N)=O)C(=O)NCCCCCCC#Cc1cccc2c1CN(C1CCC(=O)NC1=O)C2=O. The number of piperidine rings is 2. The number of carbonyl (C=O) groups excluding carboxylic acids is 8. The van der Waals surface area contributed by atoms with Crippen LogP contribution in [0, 0.1) is 23.7 Å². The molecule has 8 amide bonds. The molecule has 0 bridgehead atoms. The summed E-state index contributed by atoms with van der Waals surface area (Å²) in [6, 6.07) is 5.51. The highest BCUT2D eigenvalue weighted by Crippen LogP contribution is 2.59. The van der Waals surface area contributed by atoms with Crippen LogP contribution in [0.3, 0.4) is 0 Å². The van der Waals surface area contributed by atoms with Crippen LogP contribution in [0.4, 0.5) is 8.78 Å². The van der Waals surface area contributed by atoms with Gasteiger partial charge in [0.1, 0.15) is 29.9 Å². The second kappa shape index (κ2) is 21.7. The van der Waals surface area contributed by atoms with Crippen molar-refractivity contribution < 1.29 is 61.5 Å². The Bertz CT molecular complexity index is 2690. The molecule has 2 unspecified atom stereocenters. The maximum Gasteiger partial charge on any atom is 0.399 e. The van der Waals surface area contributed by atoms with E-state index in [9.17, 15) is 61.5 Å². The number of nitrogens with one attached hydrogen (secondary N) is 5. The molecule has 1 aliphatic carbocycles. The highest BCUT2D eigenvalue weighted by Gasteiger charge is 2.58. The number of imide groups is 1. The largest absolute Gasteiger partial charge is 0.399 e. The number of aromatic amines is 1. The van der Waals surface area contributed by atoms with Crippen LogP contribution in [0.25, 0.3) is 10.9 Å². The van der Waals surface area contributed by atoms with Gasteiger partial charge in [-0.15, -0.1) is 0 Å². The zero-order valence-corrected chi connectivity index (χ0v) is 39.5. The van der Waals surface area contributed by atoms with Crippen molar-refractivity contribution in [1.82, 2.24) is 36.1 Å². The summed E-state index contributed by atoms with van der Waals surface area (Å²) < 4.78 is 40.3. The number of aromatic nitrogens is 1. The van der Waals surface area contributed by atoms with Crippen LogP contribution in [-0.4, -0.2) is 109 Å². The summed E-state index contributed by atoms with van der Waals surface area (Å²) in [5.74, 6) is 2.06. The van der Waals surface area contributed by atoms with E-state index >= 15 is 0 Å². The van der Waals surface area contributed by atoms with Gasteiger partial charge in [0.2, 0.25) is 35.4 Å². The molecular formula is C48H57F2N8O11P. The second-order valence-corrected chi connectivity index (χ2v) is 20.0. The van der Waals surface area contributed by atoms with E-state index in [4.69, 9.17) is 5.73 Å². The number of unbranched alkanes of at least 4 members (excludes halogenated alkanes) is 5. The summed E-state index contributed by atoms with van der Waals surface area (Å²) in [5.41, 5.74) is 2.10. The lowest BCUT2D eigenvalue weighted by Crippen LogP contribution is -2.57. The van der Waals surface area contributed by atoms with Crippen molar-refractivity contribution in [2.24, 2.45) is 17.6 Å². The Morgan fingerprint density at radius 1 is 0.986 bits per heavy atom. The number of rotatable bonds is 21. The number of hydrogen-bond donors (Lipinski definition) is 8. The predicted octanol–water partition coefficient (Wildman–Crippen LogP) is 3.16.